The zero-order chi connectivity index (χ0) is 19.2. The van der Waals surface area contributed by atoms with Gasteiger partial charge in [0.25, 0.3) is 5.91 Å². The molecule has 0 saturated heterocycles. The van der Waals surface area contributed by atoms with Gasteiger partial charge in [0.15, 0.2) is 11.6 Å². The van der Waals surface area contributed by atoms with Gasteiger partial charge in [-0.1, -0.05) is 0 Å². The molecule has 0 aliphatic carbocycles. The number of amides is 1. The molecular formula is C19H19FN4O3. The number of ether oxygens (including phenoxy) is 2. The number of carbonyl (C=O) groups is 1. The summed E-state index contributed by atoms with van der Waals surface area (Å²) in [6.07, 6.45) is 1.62. The van der Waals surface area contributed by atoms with Crippen LogP contribution in [0.25, 0.3) is 11.3 Å². The first kappa shape index (κ1) is 18.4. The molecule has 0 radical (unpaired) electrons. The van der Waals surface area contributed by atoms with Crippen molar-refractivity contribution in [3.8, 4) is 22.8 Å². The number of aromatic nitrogens is 2. The van der Waals surface area contributed by atoms with Crippen molar-refractivity contribution in [2.24, 2.45) is 5.73 Å². The van der Waals surface area contributed by atoms with Crippen LogP contribution in [0.5, 0.6) is 11.5 Å². The van der Waals surface area contributed by atoms with Crippen LogP contribution in [0.1, 0.15) is 10.4 Å². The lowest BCUT2D eigenvalue weighted by Crippen LogP contribution is -2.13. The van der Waals surface area contributed by atoms with E-state index >= 15 is 0 Å². The highest BCUT2D eigenvalue weighted by Crippen LogP contribution is 2.31. The number of aromatic amines is 1. The number of rotatable bonds is 7. The van der Waals surface area contributed by atoms with Crippen LogP contribution in [-0.2, 0) is 0 Å². The van der Waals surface area contributed by atoms with E-state index in [-0.39, 0.29) is 11.3 Å². The second kappa shape index (κ2) is 8.33. The average Bonchev–Trinajstić information content (AvgIpc) is 3.21. The number of nitrogens with one attached hydrogen (secondary N) is 2. The van der Waals surface area contributed by atoms with E-state index in [1.165, 1.54) is 19.2 Å². The van der Waals surface area contributed by atoms with Crippen LogP contribution in [0.2, 0.25) is 0 Å². The lowest BCUT2D eigenvalue weighted by atomic mass is 10.1. The van der Waals surface area contributed by atoms with Gasteiger partial charge in [0.1, 0.15) is 12.4 Å². The first-order valence-electron chi connectivity index (χ1n) is 8.24. The normalized spacial score (nSPS) is 10.5. The molecule has 4 N–H and O–H groups in total. The zero-order valence-corrected chi connectivity index (χ0v) is 14.7. The van der Waals surface area contributed by atoms with Crippen molar-refractivity contribution in [2.45, 2.75) is 0 Å². The maximum Gasteiger partial charge on any atom is 0.255 e. The second-order valence-electron chi connectivity index (χ2n) is 5.62. The monoisotopic (exact) mass is 370 g/mol. The smallest absolute Gasteiger partial charge is 0.255 e. The highest BCUT2D eigenvalue weighted by atomic mass is 19.1. The molecule has 1 amide bonds. The summed E-state index contributed by atoms with van der Waals surface area (Å²) in [5, 5.41) is 9.55. The number of benzene rings is 2. The Morgan fingerprint density at radius 3 is 2.70 bits per heavy atom. The van der Waals surface area contributed by atoms with Crippen molar-refractivity contribution in [2.75, 3.05) is 25.6 Å². The summed E-state index contributed by atoms with van der Waals surface area (Å²) >= 11 is 0. The summed E-state index contributed by atoms with van der Waals surface area (Å²) in [7, 11) is 1.36. The quantitative estimate of drug-likeness (QED) is 0.593. The van der Waals surface area contributed by atoms with E-state index in [4.69, 9.17) is 15.2 Å². The molecule has 140 valence electrons. The Kier molecular flexibility index (Phi) is 5.68. The number of nitrogens with zero attached hydrogens (tertiary/aromatic N) is 1. The summed E-state index contributed by atoms with van der Waals surface area (Å²) in [6.45, 7) is 0.738. The van der Waals surface area contributed by atoms with Crippen LogP contribution in [0.4, 0.5) is 10.1 Å². The zero-order valence-electron chi connectivity index (χ0n) is 14.7. The molecule has 0 spiro atoms. The van der Waals surface area contributed by atoms with Gasteiger partial charge in [-0.05, 0) is 42.5 Å². The van der Waals surface area contributed by atoms with Crippen LogP contribution >= 0.6 is 0 Å². The van der Waals surface area contributed by atoms with E-state index in [1.54, 1.807) is 30.5 Å². The van der Waals surface area contributed by atoms with Gasteiger partial charge in [0.2, 0.25) is 0 Å². The third-order valence-corrected chi connectivity index (χ3v) is 3.82. The van der Waals surface area contributed by atoms with Gasteiger partial charge in [0, 0.05) is 29.6 Å². The molecule has 8 heteroatoms. The van der Waals surface area contributed by atoms with Gasteiger partial charge in [-0.15, -0.1) is 0 Å². The van der Waals surface area contributed by atoms with Crippen LogP contribution in [-0.4, -0.2) is 36.4 Å². The lowest BCUT2D eigenvalue weighted by molar-refractivity contribution is 0.102. The van der Waals surface area contributed by atoms with Gasteiger partial charge in [0.05, 0.1) is 12.8 Å². The molecule has 1 aromatic heterocycles. The van der Waals surface area contributed by atoms with Gasteiger partial charge < -0.3 is 20.5 Å². The Labute approximate surface area is 155 Å². The van der Waals surface area contributed by atoms with E-state index in [0.29, 0.717) is 24.6 Å². The fourth-order valence-electron chi connectivity index (χ4n) is 2.53. The first-order valence-corrected chi connectivity index (χ1v) is 8.24. The molecular weight excluding hydrogens is 351 g/mol. The van der Waals surface area contributed by atoms with E-state index < -0.39 is 11.7 Å². The molecule has 0 aliphatic rings. The molecule has 0 saturated carbocycles. The molecule has 0 unspecified atom stereocenters. The maximum absolute atomic E-state index is 13.8. The van der Waals surface area contributed by atoms with Crippen LogP contribution in [0, 0.1) is 5.82 Å². The minimum Gasteiger partial charge on any atom is -0.494 e. The van der Waals surface area contributed by atoms with Crippen molar-refractivity contribution >= 4 is 11.6 Å². The molecule has 1 heterocycles. The Hall–Kier alpha value is -3.39. The molecule has 3 aromatic rings. The predicted octanol–water partition coefficient (Wildman–Crippen LogP) is 2.81. The standard InChI is InChI=1S/C19H19FN4O3/c1-26-18-4-2-12(10-15(18)20)19(25)23-13-3-5-17(27-9-7-21)14(11-13)16-6-8-22-24-16/h2-6,8,10-11H,7,9,21H2,1H3,(H,22,24)(H,23,25). The third-order valence-electron chi connectivity index (χ3n) is 3.82. The molecule has 0 fully saturated rings. The SMILES string of the molecule is COc1ccc(C(=O)Nc2ccc(OCCN)c(-c3ccn[nH]3)c2)cc1F. The van der Waals surface area contributed by atoms with E-state index in [0.717, 1.165) is 17.3 Å². The highest BCUT2D eigenvalue weighted by Gasteiger charge is 2.13. The third kappa shape index (κ3) is 4.24. The number of halogens is 1. The molecule has 0 bridgehead atoms. The van der Waals surface area contributed by atoms with E-state index in [1.807, 2.05) is 0 Å². The van der Waals surface area contributed by atoms with E-state index in [2.05, 4.69) is 15.5 Å². The fourth-order valence-corrected chi connectivity index (χ4v) is 2.53. The topological polar surface area (TPSA) is 102 Å². The Balaban J connectivity index is 1.85. The Morgan fingerprint density at radius 1 is 1.22 bits per heavy atom. The number of hydrogen-bond donors (Lipinski definition) is 3. The van der Waals surface area contributed by atoms with Crippen LogP contribution in [0.3, 0.4) is 0 Å². The molecule has 7 nitrogen and oxygen atoms in total. The van der Waals surface area contributed by atoms with Crippen molar-refractivity contribution in [1.82, 2.24) is 10.2 Å². The minimum atomic E-state index is -0.603. The minimum absolute atomic E-state index is 0.0782. The number of methoxy groups -OCH3 is 1. The van der Waals surface area contributed by atoms with Crippen molar-refractivity contribution in [1.29, 1.82) is 0 Å². The van der Waals surface area contributed by atoms with E-state index in [9.17, 15) is 9.18 Å². The number of nitrogens with two attached hydrogens (primary N) is 1. The molecule has 0 atom stereocenters. The summed E-state index contributed by atoms with van der Waals surface area (Å²) in [5.41, 5.74) is 7.66. The summed E-state index contributed by atoms with van der Waals surface area (Å²) in [4.78, 5) is 12.4. The number of anilines is 1. The largest absolute Gasteiger partial charge is 0.494 e. The van der Waals surface area contributed by atoms with Gasteiger partial charge in [-0.3, -0.25) is 9.89 Å². The number of carbonyl (C=O) groups excluding carboxylic acids is 1. The number of hydrogen-bond acceptors (Lipinski definition) is 5. The predicted molar refractivity (Wildman–Crippen MR) is 99.5 cm³/mol. The molecule has 0 aliphatic heterocycles. The summed E-state index contributed by atoms with van der Waals surface area (Å²) < 4.78 is 24.3. The Morgan fingerprint density at radius 2 is 2.04 bits per heavy atom. The van der Waals surface area contributed by atoms with Gasteiger partial charge >= 0.3 is 0 Å². The second-order valence-corrected chi connectivity index (χ2v) is 5.62. The average molecular weight is 370 g/mol. The van der Waals surface area contributed by atoms with Crippen molar-refractivity contribution in [3.63, 3.8) is 0 Å². The van der Waals surface area contributed by atoms with Crippen molar-refractivity contribution < 1.29 is 18.7 Å². The maximum atomic E-state index is 13.8. The Bertz CT molecular complexity index is 929. The molecule has 3 rings (SSSR count). The first-order chi connectivity index (χ1) is 13.1. The number of H-pyrrole nitrogens is 1. The van der Waals surface area contributed by atoms with Gasteiger partial charge in [-0.2, -0.15) is 5.10 Å². The van der Waals surface area contributed by atoms with Crippen molar-refractivity contribution in [3.05, 3.63) is 60.0 Å². The van der Waals surface area contributed by atoms with Crippen LogP contribution in [0.15, 0.2) is 48.7 Å². The van der Waals surface area contributed by atoms with Crippen LogP contribution < -0.4 is 20.5 Å². The fraction of sp³-hybridized carbons (Fsp3) is 0.158. The highest BCUT2D eigenvalue weighted by molar-refractivity contribution is 6.04. The van der Waals surface area contributed by atoms with Gasteiger partial charge in [-0.25, -0.2) is 4.39 Å². The molecule has 27 heavy (non-hydrogen) atoms. The molecule has 2 aromatic carbocycles. The summed E-state index contributed by atoms with van der Waals surface area (Å²) in [5.74, 6) is -0.357. The lowest BCUT2D eigenvalue weighted by Gasteiger charge is -2.13. The summed E-state index contributed by atoms with van der Waals surface area (Å²) in [6, 6.07) is 11.0.